The van der Waals surface area contributed by atoms with Crippen LogP contribution in [0.2, 0.25) is 10.2 Å². The second-order valence-electron chi connectivity index (χ2n) is 4.63. The number of halogens is 2. The zero-order valence-corrected chi connectivity index (χ0v) is 15.7. The molecular weight excluding hydrogens is 371 g/mol. The average Bonchev–Trinajstić information content (AvgIpc) is 2.53. The number of benzene rings is 1. The lowest BCUT2D eigenvalue weighted by molar-refractivity contribution is -0.109. The molecule has 0 bridgehead atoms. The van der Waals surface area contributed by atoms with Gasteiger partial charge in [-0.3, -0.25) is 9.00 Å². The topological polar surface area (TPSA) is 97.1 Å². The monoisotopic (exact) mass is 388 g/mol. The van der Waals surface area contributed by atoms with Gasteiger partial charge >= 0.3 is 0 Å². The maximum absolute atomic E-state index is 11.8. The lowest BCUT2D eigenvalue weighted by Gasteiger charge is -2.14. The zero-order chi connectivity index (χ0) is 18.3. The molecule has 0 aliphatic heterocycles. The third-order valence-electron chi connectivity index (χ3n) is 2.92. The second kappa shape index (κ2) is 9.46. The van der Waals surface area contributed by atoms with Crippen LogP contribution in [-0.2, 0) is 15.6 Å². The molecule has 1 aromatic carbocycles. The van der Waals surface area contributed by atoms with E-state index < -0.39 is 10.8 Å². The van der Waals surface area contributed by atoms with Crippen molar-refractivity contribution in [3.05, 3.63) is 40.0 Å². The third-order valence-corrected chi connectivity index (χ3v) is 4.31. The highest BCUT2D eigenvalue weighted by Crippen LogP contribution is 2.30. The number of carbonyl (C=O) groups is 1. The predicted octanol–water partition coefficient (Wildman–Crippen LogP) is 3.12. The SMILES string of the molecule is CNC=O.Cc1c(Nc2ccc(Cl)cc2S(C)=O)cc(Cl)nc1N. The van der Waals surface area contributed by atoms with Crippen molar-refractivity contribution < 1.29 is 9.00 Å². The summed E-state index contributed by atoms with van der Waals surface area (Å²) in [6.07, 6.45) is 2.22. The van der Waals surface area contributed by atoms with E-state index in [1.54, 1.807) is 37.6 Å². The highest BCUT2D eigenvalue weighted by atomic mass is 35.5. The molecule has 2 aromatic rings. The van der Waals surface area contributed by atoms with Crippen LogP contribution in [0.5, 0.6) is 0 Å². The van der Waals surface area contributed by atoms with Crippen LogP contribution in [0.25, 0.3) is 0 Å². The number of aromatic nitrogens is 1. The maximum atomic E-state index is 11.8. The summed E-state index contributed by atoms with van der Waals surface area (Å²) >= 11 is 11.8. The van der Waals surface area contributed by atoms with Crippen LogP contribution in [0.1, 0.15) is 5.56 Å². The summed E-state index contributed by atoms with van der Waals surface area (Å²) in [4.78, 5) is 13.6. The molecule has 6 nitrogen and oxygen atoms in total. The number of anilines is 3. The maximum Gasteiger partial charge on any atom is 0.206 e. The van der Waals surface area contributed by atoms with Gasteiger partial charge in [0.25, 0.3) is 0 Å². The number of nitrogens with one attached hydrogen (secondary N) is 2. The summed E-state index contributed by atoms with van der Waals surface area (Å²) in [6.45, 7) is 1.83. The van der Waals surface area contributed by atoms with Crippen LogP contribution >= 0.6 is 23.2 Å². The molecule has 2 rings (SSSR count). The Labute approximate surface area is 153 Å². The quantitative estimate of drug-likeness (QED) is 0.552. The van der Waals surface area contributed by atoms with Crippen LogP contribution < -0.4 is 16.4 Å². The first-order valence-electron chi connectivity index (χ1n) is 6.73. The Morgan fingerprint density at radius 2 is 1.88 bits per heavy atom. The van der Waals surface area contributed by atoms with Gasteiger partial charge in [0.2, 0.25) is 6.41 Å². The largest absolute Gasteiger partial charge is 0.383 e. The molecule has 0 aliphatic carbocycles. The molecule has 4 N–H and O–H groups in total. The first-order chi connectivity index (χ1) is 11.3. The van der Waals surface area contributed by atoms with Gasteiger partial charge in [0, 0.05) is 29.6 Å². The Morgan fingerprint density at radius 3 is 2.42 bits per heavy atom. The van der Waals surface area contributed by atoms with E-state index in [4.69, 9.17) is 33.7 Å². The van der Waals surface area contributed by atoms with Crippen molar-refractivity contribution in [3.8, 4) is 0 Å². The van der Waals surface area contributed by atoms with Gasteiger partial charge in [0.1, 0.15) is 11.0 Å². The number of carbonyl (C=O) groups excluding carboxylic acids is 1. The fourth-order valence-electron chi connectivity index (χ4n) is 1.71. The lowest BCUT2D eigenvalue weighted by atomic mass is 10.2. The van der Waals surface area contributed by atoms with Gasteiger partial charge in [0.15, 0.2) is 0 Å². The van der Waals surface area contributed by atoms with Gasteiger partial charge < -0.3 is 16.4 Å². The molecule has 1 amide bonds. The van der Waals surface area contributed by atoms with E-state index >= 15 is 0 Å². The van der Waals surface area contributed by atoms with Gasteiger partial charge in [-0.15, -0.1) is 0 Å². The van der Waals surface area contributed by atoms with E-state index in [0.717, 1.165) is 11.3 Å². The Bertz CT molecular complexity index is 756. The standard InChI is InChI=1S/C13H13Cl2N3OS.C2H5NO/c1-7-10(6-12(15)18-13(7)16)17-9-4-3-8(14)5-11(9)20(2)19;1-3-2-4/h3-6H,1-2H3,(H3,16,17,18);2H,1H3,(H,3,4). The smallest absolute Gasteiger partial charge is 0.206 e. The molecular formula is C15H18Cl2N4O2S. The molecule has 1 heterocycles. The number of pyridine rings is 1. The van der Waals surface area contributed by atoms with Gasteiger partial charge in [-0.25, -0.2) is 4.98 Å². The molecule has 130 valence electrons. The molecule has 0 aliphatic rings. The van der Waals surface area contributed by atoms with Gasteiger partial charge in [-0.2, -0.15) is 0 Å². The molecule has 9 heteroatoms. The summed E-state index contributed by atoms with van der Waals surface area (Å²) < 4.78 is 11.8. The number of nitrogen functional groups attached to an aromatic ring is 1. The molecule has 1 aromatic heterocycles. The normalized spacial score (nSPS) is 11.0. The van der Waals surface area contributed by atoms with E-state index in [9.17, 15) is 4.21 Å². The van der Waals surface area contributed by atoms with E-state index in [-0.39, 0.29) is 0 Å². The van der Waals surface area contributed by atoms with Crippen molar-refractivity contribution in [1.82, 2.24) is 10.3 Å². The number of nitrogens with zero attached hydrogens (tertiary/aromatic N) is 1. The van der Waals surface area contributed by atoms with Crippen molar-refractivity contribution in [1.29, 1.82) is 0 Å². The van der Waals surface area contributed by atoms with E-state index in [1.807, 2.05) is 6.92 Å². The minimum Gasteiger partial charge on any atom is -0.383 e. The Morgan fingerprint density at radius 1 is 1.25 bits per heavy atom. The minimum absolute atomic E-state index is 0.295. The van der Waals surface area contributed by atoms with Crippen molar-refractivity contribution in [2.24, 2.45) is 0 Å². The van der Waals surface area contributed by atoms with Crippen LogP contribution in [0.4, 0.5) is 17.2 Å². The first-order valence-corrected chi connectivity index (χ1v) is 9.05. The van der Waals surface area contributed by atoms with E-state index in [1.165, 1.54) is 0 Å². The van der Waals surface area contributed by atoms with Crippen LogP contribution in [0, 0.1) is 6.92 Å². The molecule has 1 atom stereocenters. The number of hydrogen-bond acceptors (Lipinski definition) is 5. The van der Waals surface area contributed by atoms with Crippen LogP contribution in [-0.4, -0.2) is 28.9 Å². The fraction of sp³-hybridized carbons (Fsp3) is 0.200. The Balaban J connectivity index is 0.000000648. The number of amides is 1. The molecule has 24 heavy (non-hydrogen) atoms. The van der Waals surface area contributed by atoms with Crippen molar-refractivity contribution >= 4 is 57.6 Å². The van der Waals surface area contributed by atoms with Crippen LogP contribution in [0.15, 0.2) is 29.2 Å². The predicted molar refractivity (Wildman–Crippen MR) is 101 cm³/mol. The fourth-order valence-corrected chi connectivity index (χ4v) is 2.87. The van der Waals surface area contributed by atoms with E-state index in [2.05, 4.69) is 15.6 Å². The van der Waals surface area contributed by atoms with Gasteiger partial charge in [-0.1, -0.05) is 23.2 Å². The van der Waals surface area contributed by atoms with E-state index in [0.29, 0.717) is 33.0 Å². The van der Waals surface area contributed by atoms with Gasteiger partial charge in [0.05, 0.1) is 21.4 Å². The summed E-state index contributed by atoms with van der Waals surface area (Å²) in [7, 11) is 0.394. The molecule has 0 saturated carbocycles. The molecule has 0 radical (unpaired) electrons. The summed E-state index contributed by atoms with van der Waals surface area (Å²) in [6, 6.07) is 6.83. The van der Waals surface area contributed by atoms with Crippen LogP contribution in [0.3, 0.4) is 0 Å². The Hall–Kier alpha value is -1.83. The summed E-state index contributed by atoms with van der Waals surface area (Å²) in [5.41, 5.74) is 7.97. The zero-order valence-electron chi connectivity index (χ0n) is 13.4. The first kappa shape index (κ1) is 20.2. The van der Waals surface area contributed by atoms with Crippen molar-refractivity contribution in [2.75, 3.05) is 24.4 Å². The Kier molecular flexibility index (Phi) is 7.97. The lowest BCUT2D eigenvalue weighted by Crippen LogP contribution is -2.02. The summed E-state index contributed by atoms with van der Waals surface area (Å²) in [5, 5.41) is 6.25. The number of hydrogen-bond donors (Lipinski definition) is 3. The average molecular weight is 389 g/mol. The second-order valence-corrected chi connectivity index (χ2v) is 6.80. The van der Waals surface area contributed by atoms with Crippen molar-refractivity contribution in [3.63, 3.8) is 0 Å². The highest BCUT2D eigenvalue weighted by molar-refractivity contribution is 7.84. The molecule has 0 spiro atoms. The number of rotatable bonds is 4. The third kappa shape index (κ3) is 5.67. The summed E-state index contributed by atoms with van der Waals surface area (Å²) in [5.74, 6) is 0.355. The van der Waals surface area contributed by atoms with Crippen molar-refractivity contribution in [2.45, 2.75) is 11.8 Å². The highest BCUT2D eigenvalue weighted by Gasteiger charge is 2.11. The molecule has 0 saturated heterocycles. The molecule has 1 unspecified atom stereocenters. The molecule has 0 fully saturated rings. The minimum atomic E-state index is -1.17. The number of nitrogens with two attached hydrogens (primary N) is 1. The van der Waals surface area contributed by atoms with Gasteiger partial charge in [-0.05, 0) is 31.2 Å².